The smallest absolute Gasteiger partial charge is 0.338 e. The maximum atomic E-state index is 12.4. The van der Waals surface area contributed by atoms with Gasteiger partial charge in [0.25, 0.3) is 10.0 Å². The molecule has 1 heterocycles. The van der Waals surface area contributed by atoms with Gasteiger partial charge in [0.1, 0.15) is 12.0 Å². The number of benzene rings is 2. The summed E-state index contributed by atoms with van der Waals surface area (Å²) < 4.78 is 29.8. The van der Waals surface area contributed by atoms with Crippen molar-refractivity contribution >= 4 is 39.0 Å². The monoisotopic (exact) mass is 442 g/mol. The third-order valence-corrected chi connectivity index (χ3v) is 5.44. The zero-order valence-corrected chi connectivity index (χ0v) is 17.7. The van der Waals surface area contributed by atoms with Gasteiger partial charge in [0, 0.05) is 5.69 Å². The Hall–Kier alpha value is -3.70. The number of nitrogens with two attached hydrogens (primary N) is 1. The van der Waals surface area contributed by atoms with E-state index in [9.17, 15) is 13.2 Å². The molecule has 31 heavy (non-hydrogen) atoms. The van der Waals surface area contributed by atoms with E-state index >= 15 is 0 Å². The zero-order valence-electron chi connectivity index (χ0n) is 16.9. The normalized spacial score (nSPS) is 11.0. The van der Waals surface area contributed by atoms with Crippen LogP contribution in [0.5, 0.6) is 0 Å². The van der Waals surface area contributed by atoms with Crippen molar-refractivity contribution in [3.63, 3.8) is 0 Å². The SMILES string of the molecule is CCOC(=O)c1ccc(Nc2ncnc(NNS(=O)(=O)c3ccc(C)cc3)c2N)cc1. The molecule has 0 saturated heterocycles. The van der Waals surface area contributed by atoms with Crippen LogP contribution in [-0.2, 0) is 14.8 Å². The van der Waals surface area contributed by atoms with Crippen LogP contribution in [0.15, 0.2) is 59.8 Å². The lowest BCUT2D eigenvalue weighted by Crippen LogP contribution is -2.30. The lowest BCUT2D eigenvalue weighted by Gasteiger charge is -2.13. The van der Waals surface area contributed by atoms with E-state index < -0.39 is 16.0 Å². The van der Waals surface area contributed by atoms with Crippen molar-refractivity contribution in [2.75, 3.05) is 23.1 Å². The van der Waals surface area contributed by atoms with Gasteiger partial charge in [-0.2, -0.15) is 0 Å². The molecule has 162 valence electrons. The van der Waals surface area contributed by atoms with Crippen molar-refractivity contribution in [2.45, 2.75) is 18.7 Å². The van der Waals surface area contributed by atoms with Gasteiger partial charge in [0.2, 0.25) is 0 Å². The standard InChI is InChI=1S/C20H22N6O4S/c1-3-30-20(27)14-6-8-15(9-7-14)24-18-17(21)19(23-12-22-18)25-26-31(28,29)16-10-4-13(2)5-11-16/h4-12,26H,3,21H2,1-2H3,(H2,22,23,24,25). The first-order valence-corrected chi connectivity index (χ1v) is 10.8. The van der Waals surface area contributed by atoms with Crippen LogP contribution < -0.4 is 21.3 Å². The molecule has 5 N–H and O–H groups in total. The van der Waals surface area contributed by atoms with Gasteiger partial charge in [-0.1, -0.05) is 17.7 Å². The third-order valence-electron chi connectivity index (χ3n) is 4.18. The summed E-state index contributed by atoms with van der Waals surface area (Å²) in [4.78, 5) is 22.1. The van der Waals surface area contributed by atoms with E-state index in [1.54, 1.807) is 43.3 Å². The fourth-order valence-corrected chi connectivity index (χ4v) is 3.37. The van der Waals surface area contributed by atoms with Crippen molar-refractivity contribution in [3.8, 4) is 0 Å². The van der Waals surface area contributed by atoms with Crippen LogP contribution in [0.3, 0.4) is 0 Å². The zero-order chi connectivity index (χ0) is 22.4. The molecule has 10 nitrogen and oxygen atoms in total. The molecule has 0 atom stereocenters. The van der Waals surface area contributed by atoms with E-state index in [0.29, 0.717) is 17.9 Å². The quantitative estimate of drug-likeness (QED) is 0.305. The highest BCUT2D eigenvalue weighted by molar-refractivity contribution is 7.89. The summed E-state index contributed by atoms with van der Waals surface area (Å²) in [6.07, 6.45) is 1.23. The van der Waals surface area contributed by atoms with Gasteiger partial charge in [-0.05, 0) is 50.2 Å². The number of aromatic nitrogens is 2. The van der Waals surface area contributed by atoms with E-state index in [-0.39, 0.29) is 22.2 Å². The third kappa shape index (κ3) is 5.47. The molecule has 0 bridgehead atoms. The molecule has 2 aromatic carbocycles. The minimum Gasteiger partial charge on any atom is -0.462 e. The second-order valence-corrected chi connectivity index (χ2v) is 8.13. The fourth-order valence-electron chi connectivity index (χ4n) is 2.53. The summed E-state index contributed by atoms with van der Waals surface area (Å²) in [7, 11) is -3.82. The molecule has 3 aromatic rings. The molecule has 0 unspecified atom stereocenters. The van der Waals surface area contributed by atoms with Crippen LogP contribution in [0, 0.1) is 6.92 Å². The number of hydrogen-bond acceptors (Lipinski definition) is 9. The molecule has 0 aliphatic carbocycles. The van der Waals surface area contributed by atoms with Gasteiger partial charge in [-0.25, -0.2) is 23.2 Å². The first-order chi connectivity index (χ1) is 14.8. The Balaban J connectivity index is 1.71. The number of nitrogens with one attached hydrogen (secondary N) is 3. The van der Waals surface area contributed by atoms with Crippen LogP contribution in [0.25, 0.3) is 0 Å². The molecular weight excluding hydrogens is 420 g/mol. The van der Waals surface area contributed by atoms with Gasteiger partial charge in [0.15, 0.2) is 11.6 Å². The van der Waals surface area contributed by atoms with E-state index in [1.807, 2.05) is 6.92 Å². The number of anilines is 4. The van der Waals surface area contributed by atoms with Crippen molar-refractivity contribution < 1.29 is 17.9 Å². The number of nitrogen functional groups attached to an aromatic ring is 1. The number of ether oxygens (including phenoxy) is 1. The summed E-state index contributed by atoms with van der Waals surface area (Å²) >= 11 is 0. The average molecular weight is 443 g/mol. The van der Waals surface area contributed by atoms with Crippen molar-refractivity contribution in [2.24, 2.45) is 0 Å². The highest BCUT2D eigenvalue weighted by Gasteiger charge is 2.16. The fraction of sp³-hybridized carbons (Fsp3) is 0.150. The maximum Gasteiger partial charge on any atom is 0.338 e. The summed E-state index contributed by atoms with van der Waals surface area (Å²) in [5.74, 6) is -0.0739. The minimum absolute atomic E-state index is 0.0799. The molecule has 0 radical (unpaired) electrons. The van der Waals surface area contributed by atoms with Crippen LogP contribution in [0.2, 0.25) is 0 Å². The van der Waals surface area contributed by atoms with E-state index in [4.69, 9.17) is 10.5 Å². The predicted octanol–water partition coefficient (Wildman–Crippen LogP) is 2.59. The largest absolute Gasteiger partial charge is 0.462 e. The molecule has 1 aromatic heterocycles. The van der Waals surface area contributed by atoms with Gasteiger partial charge in [0.05, 0.1) is 17.1 Å². The van der Waals surface area contributed by atoms with Crippen LogP contribution >= 0.6 is 0 Å². The number of nitrogens with zero attached hydrogens (tertiary/aromatic N) is 2. The number of hydrogen-bond donors (Lipinski definition) is 4. The molecular formula is C20H22N6O4S. The summed E-state index contributed by atoms with van der Waals surface area (Å²) in [5, 5.41) is 3.00. The van der Waals surface area contributed by atoms with E-state index in [2.05, 4.69) is 25.5 Å². The van der Waals surface area contributed by atoms with E-state index in [0.717, 1.165) is 5.56 Å². The lowest BCUT2D eigenvalue weighted by molar-refractivity contribution is 0.0526. The molecule has 11 heteroatoms. The van der Waals surface area contributed by atoms with E-state index in [1.165, 1.54) is 18.5 Å². The van der Waals surface area contributed by atoms with Crippen molar-refractivity contribution in [3.05, 3.63) is 66.0 Å². The second-order valence-electron chi connectivity index (χ2n) is 6.45. The van der Waals surface area contributed by atoms with Crippen LogP contribution in [0.4, 0.5) is 23.0 Å². The Bertz CT molecular complexity index is 1170. The first kappa shape index (κ1) is 22.0. The molecule has 0 amide bonds. The highest BCUT2D eigenvalue weighted by Crippen LogP contribution is 2.25. The number of aryl methyl sites for hydroxylation is 1. The molecule has 0 spiro atoms. The molecule has 0 aliphatic heterocycles. The first-order valence-electron chi connectivity index (χ1n) is 9.29. The number of rotatable bonds is 8. The molecule has 0 saturated carbocycles. The van der Waals surface area contributed by atoms with Gasteiger partial charge < -0.3 is 15.8 Å². The van der Waals surface area contributed by atoms with Gasteiger partial charge >= 0.3 is 5.97 Å². The molecule has 3 rings (SSSR count). The number of esters is 1. The van der Waals surface area contributed by atoms with Crippen molar-refractivity contribution in [1.82, 2.24) is 14.8 Å². The predicted molar refractivity (Wildman–Crippen MR) is 117 cm³/mol. The highest BCUT2D eigenvalue weighted by atomic mass is 32.2. The van der Waals surface area contributed by atoms with Crippen LogP contribution in [0.1, 0.15) is 22.8 Å². The number of sulfonamides is 1. The Labute approximate surface area is 179 Å². The van der Waals surface area contributed by atoms with Gasteiger partial charge in [-0.3, -0.25) is 5.43 Å². The van der Waals surface area contributed by atoms with Gasteiger partial charge in [-0.15, -0.1) is 4.83 Å². The molecule has 0 aliphatic rings. The second kappa shape index (κ2) is 9.41. The minimum atomic E-state index is -3.82. The molecule has 0 fully saturated rings. The topological polar surface area (TPSA) is 148 Å². The average Bonchev–Trinajstić information content (AvgIpc) is 2.75. The Kier molecular flexibility index (Phi) is 6.68. The summed E-state index contributed by atoms with van der Waals surface area (Å²) in [5.41, 5.74) is 10.7. The van der Waals surface area contributed by atoms with Crippen molar-refractivity contribution in [1.29, 1.82) is 0 Å². The van der Waals surface area contributed by atoms with Crippen LogP contribution in [-0.4, -0.2) is 31.0 Å². The summed E-state index contributed by atoms with van der Waals surface area (Å²) in [6, 6.07) is 12.9. The number of carbonyl (C=O) groups excluding carboxylic acids is 1. The summed E-state index contributed by atoms with van der Waals surface area (Å²) in [6.45, 7) is 3.89. The Morgan fingerprint density at radius 3 is 2.32 bits per heavy atom. The number of hydrazine groups is 1. The Morgan fingerprint density at radius 2 is 1.68 bits per heavy atom. The Morgan fingerprint density at radius 1 is 1.03 bits per heavy atom. The maximum absolute atomic E-state index is 12.4. The number of carbonyl (C=O) groups is 1. The lowest BCUT2D eigenvalue weighted by atomic mass is 10.2.